The van der Waals surface area contributed by atoms with Gasteiger partial charge in [0, 0.05) is 31.3 Å². The highest BCUT2D eigenvalue weighted by Crippen LogP contribution is 2.25. The van der Waals surface area contributed by atoms with E-state index in [4.69, 9.17) is 15.3 Å². The Balaban J connectivity index is 1.86. The third kappa shape index (κ3) is 3.89. The molecule has 0 aromatic rings. The Kier molecular flexibility index (Phi) is 5.59. The first kappa shape index (κ1) is 15.2. The lowest BCUT2D eigenvalue weighted by Gasteiger charge is -2.45. The van der Waals surface area contributed by atoms with E-state index in [9.17, 15) is 0 Å². The molecule has 0 saturated carbocycles. The molecule has 0 amide bonds. The lowest BCUT2D eigenvalue weighted by molar-refractivity contribution is -0.0263. The minimum absolute atomic E-state index is 0.0527. The van der Waals surface area contributed by atoms with E-state index < -0.39 is 0 Å². The summed E-state index contributed by atoms with van der Waals surface area (Å²) in [6.45, 7) is 9.12. The minimum Gasteiger partial charge on any atom is -0.379 e. The van der Waals surface area contributed by atoms with E-state index in [2.05, 4.69) is 24.2 Å². The molecule has 2 heterocycles. The molecule has 5 heteroatoms. The number of hydrogen-bond donors (Lipinski definition) is 2. The van der Waals surface area contributed by atoms with Crippen molar-refractivity contribution in [2.45, 2.75) is 57.2 Å². The number of hydrazine groups is 1. The zero-order valence-electron chi connectivity index (χ0n) is 12.4. The highest BCUT2D eigenvalue weighted by atomic mass is 16.5. The van der Waals surface area contributed by atoms with Crippen LogP contribution in [-0.4, -0.2) is 55.5 Å². The summed E-state index contributed by atoms with van der Waals surface area (Å²) >= 11 is 0. The molecule has 2 fully saturated rings. The summed E-state index contributed by atoms with van der Waals surface area (Å²) in [5, 5.41) is 0. The van der Waals surface area contributed by atoms with Gasteiger partial charge >= 0.3 is 0 Å². The summed E-state index contributed by atoms with van der Waals surface area (Å²) in [5.41, 5.74) is 3.08. The maximum atomic E-state index is 5.80. The first-order valence-electron chi connectivity index (χ1n) is 7.55. The summed E-state index contributed by atoms with van der Waals surface area (Å²) in [4.78, 5) is 2.48. The molecule has 19 heavy (non-hydrogen) atoms. The molecule has 0 bridgehead atoms. The van der Waals surface area contributed by atoms with E-state index >= 15 is 0 Å². The Hall–Kier alpha value is -0.200. The first-order chi connectivity index (χ1) is 9.14. The summed E-state index contributed by atoms with van der Waals surface area (Å²) in [6.07, 6.45) is 5.01. The van der Waals surface area contributed by atoms with Crippen LogP contribution < -0.4 is 11.3 Å². The third-order valence-corrected chi connectivity index (χ3v) is 4.68. The molecule has 2 saturated heterocycles. The molecule has 2 atom stereocenters. The molecular formula is C14H29N3O2. The summed E-state index contributed by atoms with van der Waals surface area (Å²) in [5.74, 6) is 5.80. The lowest BCUT2D eigenvalue weighted by Crippen LogP contribution is -2.61. The molecule has 2 aliphatic rings. The van der Waals surface area contributed by atoms with Gasteiger partial charge in [-0.25, -0.2) is 0 Å². The second-order valence-electron chi connectivity index (χ2n) is 6.18. The maximum Gasteiger partial charge on any atom is 0.0594 e. The zero-order valence-corrected chi connectivity index (χ0v) is 12.4. The van der Waals surface area contributed by atoms with Crippen LogP contribution in [-0.2, 0) is 9.47 Å². The maximum absolute atomic E-state index is 5.80. The Morgan fingerprint density at radius 2 is 2.05 bits per heavy atom. The number of ether oxygens (including phenoxy) is 2. The van der Waals surface area contributed by atoms with Crippen LogP contribution in [0.25, 0.3) is 0 Å². The minimum atomic E-state index is 0.0527. The van der Waals surface area contributed by atoms with E-state index in [1.54, 1.807) is 0 Å². The van der Waals surface area contributed by atoms with Crippen molar-refractivity contribution >= 4 is 0 Å². The molecule has 2 rings (SSSR count). The molecule has 0 spiro atoms. The van der Waals surface area contributed by atoms with Gasteiger partial charge in [-0.2, -0.15) is 0 Å². The van der Waals surface area contributed by atoms with Crippen LogP contribution in [0.1, 0.15) is 39.5 Å². The van der Waals surface area contributed by atoms with Gasteiger partial charge in [-0.15, -0.1) is 0 Å². The summed E-state index contributed by atoms with van der Waals surface area (Å²) < 4.78 is 11.1. The topological polar surface area (TPSA) is 59.8 Å². The van der Waals surface area contributed by atoms with Crippen molar-refractivity contribution < 1.29 is 9.47 Å². The van der Waals surface area contributed by atoms with Gasteiger partial charge in [-0.3, -0.25) is 16.2 Å². The van der Waals surface area contributed by atoms with Crippen molar-refractivity contribution in [3.05, 3.63) is 0 Å². The Labute approximate surface area is 116 Å². The van der Waals surface area contributed by atoms with Crippen LogP contribution >= 0.6 is 0 Å². The highest BCUT2D eigenvalue weighted by molar-refractivity contribution is 4.93. The molecule has 5 nitrogen and oxygen atoms in total. The van der Waals surface area contributed by atoms with Gasteiger partial charge < -0.3 is 9.47 Å². The standard InChI is InChI=1S/C14H29N3O2/c1-14(2,17-7-10-18-11-8-17)13(16-15)6-5-12-4-3-9-19-12/h12-13,16H,3-11,15H2,1-2H3. The van der Waals surface area contributed by atoms with Gasteiger partial charge in [0.05, 0.1) is 19.3 Å². The van der Waals surface area contributed by atoms with E-state index in [1.807, 2.05) is 0 Å². The number of morpholine rings is 1. The molecule has 0 aliphatic carbocycles. The van der Waals surface area contributed by atoms with Crippen molar-refractivity contribution in [3.63, 3.8) is 0 Å². The summed E-state index contributed by atoms with van der Waals surface area (Å²) in [6, 6.07) is 0.287. The number of nitrogens with two attached hydrogens (primary N) is 1. The van der Waals surface area contributed by atoms with Crippen LogP contribution in [0.4, 0.5) is 0 Å². The second kappa shape index (κ2) is 6.99. The van der Waals surface area contributed by atoms with Crippen molar-refractivity contribution in [2.75, 3.05) is 32.9 Å². The van der Waals surface area contributed by atoms with Gasteiger partial charge in [0.15, 0.2) is 0 Å². The molecule has 0 aromatic carbocycles. The largest absolute Gasteiger partial charge is 0.379 e. The van der Waals surface area contributed by atoms with Gasteiger partial charge in [-0.05, 0) is 39.5 Å². The van der Waals surface area contributed by atoms with E-state index in [-0.39, 0.29) is 11.6 Å². The highest BCUT2D eigenvalue weighted by Gasteiger charge is 2.36. The predicted molar refractivity (Wildman–Crippen MR) is 75.8 cm³/mol. The third-order valence-electron chi connectivity index (χ3n) is 4.68. The van der Waals surface area contributed by atoms with Crippen LogP contribution in [0.2, 0.25) is 0 Å². The number of nitrogens with zero attached hydrogens (tertiary/aromatic N) is 1. The summed E-state index contributed by atoms with van der Waals surface area (Å²) in [7, 11) is 0. The lowest BCUT2D eigenvalue weighted by atomic mass is 9.88. The fourth-order valence-electron chi connectivity index (χ4n) is 3.23. The molecule has 3 N–H and O–H groups in total. The van der Waals surface area contributed by atoms with E-state index in [1.165, 1.54) is 12.8 Å². The predicted octanol–water partition coefficient (Wildman–Crippen LogP) is 0.888. The van der Waals surface area contributed by atoms with Crippen LogP contribution in [0, 0.1) is 0 Å². The van der Waals surface area contributed by atoms with Crippen LogP contribution in [0.15, 0.2) is 0 Å². The van der Waals surface area contributed by atoms with Crippen LogP contribution in [0.5, 0.6) is 0 Å². The van der Waals surface area contributed by atoms with Crippen molar-refractivity contribution in [1.29, 1.82) is 0 Å². The zero-order chi connectivity index (χ0) is 13.7. The first-order valence-corrected chi connectivity index (χ1v) is 7.55. The average molecular weight is 271 g/mol. The van der Waals surface area contributed by atoms with Crippen LogP contribution in [0.3, 0.4) is 0 Å². The Morgan fingerprint density at radius 3 is 2.63 bits per heavy atom. The fourth-order valence-corrected chi connectivity index (χ4v) is 3.23. The molecule has 0 radical (unpaired) electrons. The second-order valence-corrected chi connectivity index (χ2v) is 6.18. The fraction of sp³-hybridized carbons (Fsp3) is 1.00. The van der Waals surface area contributed by atoms with Crippen molar-refractivity contribution in [3.8, 4) is 0 Å². The van der Waals surface area contributed by atoms with Crippen molar-refractivity contribution in [1.82, 2.24) is 10.3 Å². The quantitative estimate of drug-likeness (QED) is 0.555. The van der Waals surface area contributed by atoms with Gasteiger partial charge in [-0.1, -0.05) is 0 Å². The number of nitrogens with one attached hydrogen (secondary N) is 1. The molecular weight excluding hydrogens is 242 g/mol. The SMILES string of the molecule is CC(C)(C(CCC1CCCO1)NN)N1CCOCC1. The normalized spacial score (nSPS) is 27.6. The van der Waals surface area contributed by atoms with E-state index in [0.29, 0.717) is 6.10 Å². The molecule has 0 aromatic heterocycles. The Bertz CT molecular complexity index is 261. The molecule has 2 unspecified atom stereocenters. The Morgan fingerprint density at radius 1 is 1.32 bits per heavy atom. The molecule has 2 aliphatic heterocycles. The number of hydrogen-bond acceptors (Lipinski definition) is 5. The smallest absolute Gasteiger partial charge is 0.0594 e. The van der Waals surface area contributed by atoms with Gasteiger partial charge in [0.1, 0.15) is 0 Å². The van der Waals surface area contributed by atoms with Gasteiger partial charge in [0.2, 0.25) is 0 Å². The average Bonchev–Trinajstić information content (AvgIpc) is 2.93. The van der Waals surface area contributed by atoms with Gasteiger partial charge in [0.25, 0.3) is 0 Å². The van der Waals surface area contributed by atoms with E-state index in [0.717, 1.165) is 45.8 Å². The number of rotatable bonds is 6. The monoisotopic (exact) mass is 271 g/mol. The molecule has 112 valence electrons. The van der Waals surface area contributed by atoms with Crippen molar-refractivity contribution in [2.24, 2.45) is 5.84 Å².